The quantitative estimate of drug-likeness (QED) is 0.590. The number of carbonyl (C=O) groups excluding carboxylic acids is 3. The van der Waals surface area contributed by atoms with Gasteiger partial charge in [-0.25, -0.2) is 14.2 Å². The number of hydrogen-bond donors (Lipinski definition) is 0. The zero-order chi connectivity index (χ0) is 21.1. The van der Waals surface area contributed by atoms with Crippen LogP contribution >= 0.6 is 0 Å². The van der Waals surface area contributed by atoms with Crippen LogP contribution in [0.2, 0.25) is 0 Å². The summed E-state index contributed by atoms with van der Waals surface area (Å²) in [5.74, 6) is 1.09. The fourth-order valence-electron chi connectivity index (χ4n) is 3.86. The zero-order valence-corrected chi connectivity index (χ0v) is 17.8. The fraction of sp³-hybridized carbons (Fsp3) is 0.737. The minimum Gasteiger partial charge on any atom is -0.450 e. The minimum atomic E-state index is -0.537. The highest BCUT2D eigenvalue weighted by Crippen LogP contribution is 2.20. The highest BCUT2D eigenvalue weighted by Gasteiger charge is 2.52. The molecule has 29 heavy (non-hydrogen) atoms. The van der Waals surface area contributed by atoms with Crippen molar-refractivity contribution < 1.29 is 23.7 Å². The highest BCUT2D eigenvalue weighted by atomic mass is 16.6. The number of amides is 4. The molecule has 0 N–H and O–H groups in total. The Morgan fingerprint density at radius 3 is 2.45 bits per heavy atom. The van der Waals surface area contributed by atoms with E-state index in [0.29, 0.717) is 51.7 Å². The molecular formula is C19H31N6O4+. The van der Waals surface area contributed by atoms with Crippen LogP contribution in [0.5, 0.6) is 0 Å². The molecule has 0 aliphatic carbocycles. The lowest BCUT2D eigenvalue weighted by Gasteiger charge is -2.33. The Balaban J connectivity index is 1.75. The summed E-state index contributed by atoms with van der Waals surface area (Å²) in [7, 11) is 3.18. The van der Waals surface area contributed by atoms with Gasteiger partial charge in [0.05, 0.1) is 13.2 Å². The van der Waals surface area contributed by atoms with Crippen LogP contribution in [0.3, 0.4) is 0 Å². The molecule has 0 aromatic rings. The molecule has 3 rings (SSSR count). The molecule has 0 radical (unpaired) electrons. The largest absolute Gasteiger partial charge is 0.450 e. The van der Waals surface area contributed by atoms with E-state index in [9.17, 15) is 14.4 Å². The van der Waals surface area contributed by atoms with Crippen LogP contribution in [-0.2, 0) is 9.53 Å². The Hall–Kier alpha value is -2.49. The maximum atomic E-state index is 12.8. The first-order valence-electron chi connectivity index (χ1n) is 10.3. The van der Waals surface area contributed by atoms with Crippen molar-refractivity contribution in [2.24, 2.45) is 4.99 Å². The van der Waals surface area contributed by atoms with Gasteiger partial charge in [0.2, 0.25) is 0 Å². The van der Waals surface area contributed by atoms with Crippen LogP contribution in [0, 0.1) is 0 Å². The van der Waals surface area contributed by atoms with Gasteiger partial charge in [-0.15, -0.1) is 0 Å². The Bertz CT molecular complexity index is 741. The van der Waals surface area contributed by atoms with Gasteiger partial charge in [-0.3, -0.25) is 19.5 Å². The monoisotopic (exact) mass is 407 g/mol. The van der Waals surface area contributed by atoms with Gasteiger partial charge in [0.1, 0.15) is 6.54 Å². The third kappa shape index (κ3) is 4.12. The topological polar surface area (TPSA) is 88.8 Å². The maximum Gasteiger partial charge on any atom is 0.409 e. The van der Waals surface area contributed by atoms with Crippen LogP contribution in [0.1, 0.15) is 26.7 Å². The van der Waals surface area contributed by atoms with E-state index in [0.717, 1.165) is 18.7 Å². The van der Waals surface area contributed by atoms with Gasteiger partial charge in [0, 0.05) is 40.3 Å². The first-order chi connectivity index (χ1) is 13.9. The van der Waals surface area contributed by atoms with E-state index >= 15 is 0 Å². The van der Waals surface area contributed by atoms with E-state index in [-0.39, 0.29) is 18.0 Å². The summed E-state index contributed by atoms with van der Waals surface area (Å²) in [5.41, 5.74) is 0. The summed E-state index contributed by atoms with van der Waals surface area (Å²) >= 11 is 0. The van der Waals surface area contributed by atoms with Crippen LogP contribution in [0.4, 0.5) is 9.59 Å². The van der Waals surface area contributed by atoms with E-state index in [2.05, 4.69) is 11.8 Å². The number of aliphatic imine (C=N–C) groups is 1. The van der Waals surface area contributed by atoms with Gasteiger partial charge in [-0.2, -0.15) is 0 Å². The van der Waals surface area contributed by atoms with Gasteiger partial charge >= 0.3 is 18.0 Å². The highest BCUT2D eigenvalue weighted by molar-refractivity contribution is 6.23. The Morgan fingerprint density at radius 2 is 1.83 bits per heavy atom. The number of ether oxygens (including phenoxy) is 1. The van der Waals surface area contributed by atoms with Crippen molar-refractivity contribution in [3.05, 3.63) is 0 Å². The number of urea groups is 1. The lowest BCUT2D eigenvalue weighted by Crippen LogP contribution is -2.61. The average molecular weight is 407 g/mol. The number of piperazine rings is 1. The summed E-state index contributed by atoms with van der Waals surface area (Å²) in [4.78, 5) is 48.3. The van der Waals surface area contributed by atoms with Crippen LogP contribution in [-0.4, -0.2) is 120 Å². The van der Waals surface area contributed by atoms with Crippen molar-refractivity contribution in [2.45, 2.75) is 32.7 Å². The van der Waals surface area contributed by atoms with Gasteiger partial charge in [-0.05, 0) is 18.3 Å². The van der Waals surface area contributed by atoms with Gasteiger partial charge in [-0.1, -0.05) is 13.3 Å². The summed E-state index contributed by atoms with van der Waals surface area (Å²) in [6.45, 7) is 8.20. The van der Waals surface area contributed by atoms with E-state index in [1.165, 1.54) is 16.8 Å². The van der Waals surface area contributed by atoms with Crippen LogP contribution in [0.15, 0.2) is 4.99 Å². The molecule has 3 aliphatic heterocycles. The summed E-state index contributed by atoms with van der Waals surface area (Å²) in [6, 6.07) is -0.894. The fourth-order valence-corrected chi connectivity index (χ4v) is 3.86. The average Bonchev–Trinajstić information content (AvgIpc) is 3.08. The van der Waals surface area contributed by atoms with E-state index in [4.69, 9.17) is 9.73 Å². The number of fused-ring (bicyclic) bond motifs is 1. The zero-order valence-electron chi connectivity index (χ0n) is 17.8. The lowest BCUT2D eigenvalue weighted by atomic mass is 10.1. The standard InChI is InChI=1S/C19H31N6O4/c1-5-7-8-25-14(13-23-9-11-24(12-10-23)19(28)29-6-2)20-16-15(25)17(26)22(4)18(27)21(16)3/h15H,5-13H2,1-4H3/q+1. The second-order valence-electron chi connectivity index (χ2n) is 7.54. The minimum absolute atomic E-state index is 0.231. The number of unbranched alkanes of at least 4 members (excludes halogenated alkanes) is 1. The molecule has 160 valence electrons. The number of rotatable bonds is 6. The second-order valence-corrected chi connectivity index (χ2v) is 7.54. The van der Waals surface area contributed by atoms with Gasteiger partial charge in [0.25, 0.3) is 17.8 Å². The molecule has 0 spiro atoms. The Labute approximate surface area is 171 Å². The van der Waals surface area contributed by atoms with Crippen molar-refractivity contribution in [3.63, 3.8) is 0 Å². The summed E-state index contributed by atoms with van der Waals surface area (Å²) in [6.07, 6.45) is 1.67. The van der Waals surface area contributed by atoms with E-state index in [1.54, 1.807) is 18.9 Å². The van der Waals surface area contributed by atoms with Crippen LogP contribution in [0.25, 0.3) is 0 Å². The number of imide groups is 1. The molecule has 4 amide bonds. The van der Waals surface area contributed by atoms with E-state index in [1.807, 2.05) is 4.58 Å². The van der Waals surface area contributed by atoms with Crippen molar-refractivity contribution in [3.8, 4) is 0 Å². The molecule has 2 saturated heterocycles. The molecule has 10 heteroatoms. The molecule has 0 bridgehead atoms. The van der Waals surface area contributed by atoms with Crippen molar-refractivity contribution in [1.82, 2.24) is 19.6 Å². The molecule has 3 heterocycles. The normalized spacial score (nSPS) is 23.0. The number of amidine groups is 2. The van der Waals surface area contributed by atoms with Crippen molar-refractivity contribution >= 4 is 29.7 Å². The second kappa shape index (κ2) is 8.89. The third-order valence-electron chi connectivity index (χ3n) is 5.63. The number of carbonyl (C=O) groups is 3. The smallest absolute Gasteiger partial charge is 0.409 e. The molecule has 0 saturated carbocycles. The van der Waals surface area contributed by atoms with Crippen molar-refractivity contribution in [2.75, 3.05) is 60.0 Å². The predicted molar refractivity (Wildman–Crippen MR) is 107 cm³/mol. The number of nitrogens with zero attached hydrogens (tertiary/aromatic N) is 6. The molecule has 0 aromatic heterocycles. The molecule has 2 fully saturated rings. The molecular weight excluding hydrogens is 376 g/mol. The van der Waals surface area contributed by atoms with Gasteiger partial charge in [0.15, 0.2) is 0 Å². The number of likely N-dealkylation sites (N-methyl/N-ethyl adjacent to an activating group) is 2. The first-order valence-corrected chi connectivity index (χ1v) is 10.3. The molecule has 3 aliphatic rings. The maximum absolute atomic E-state index is 12.8. The third-order valence-corrected chi connectivity index (χ3v) is 5.63. The molecule has 1 unspecified atom stereocenters. The molecule has 10 nitrogen and oxygen atoms in total. The summed E-state index contributed by atoms with van der Waals surface area (Å²) in [5, 5.41) is 0. The molecule has 0 aromatic carbocycles. The van der Waals surface area contributed by atoms with Crippen molar-refractivity contribution in [1.29, 1.82) is 0 Å². The molecule has 1 atom stereocenters. The first kappa shape index (κ1) is 21.2. The SMILES string of the molecule is CCCC[N+]1=C(CN2CCN(C(=O)OCC)CC2)N=C2C1C(=O)N(C)C(=O)N2C. The predicted octanol–water partition coefficient (Wildman–Crippen LogP) is 0.276. The number of hydrogen-bond acceptors (Lipinski definition) is 6. The van der Waals surface area contributed by atoms with E-state index < -0.39 is 6.04 Å². The van der Waals surface area contributed by atoms with Crippen LogP contribution < -0.4 is 0 Å². The Morgan fingerprint density at radius 1 is 1.14 bits per heavy atom. The summed E-state index contributed by atoms with van der Waals surface area (Å²) < 4.78 is 7.11. The van der Waals surface area contributed by atoms with Gasteiger partial charge < -0.3 is 9.64 Å². The Kier molecular flexibility index (Phi) is 6.51. The lowest BCUT2D eigenvalue weighted by molar-refractivity contribution is -0.536.